The van der Waals surface area contributed by atoms with Gasteiger partial charge >= 0.3 is 5.97 Å². The van der Waals surface area contributed by atoms with E-state index in [4.69, 9.17) is 16.2 Å². The van der Waals surface area contributed by atoms with Gasteiger partial charge in [0.05, 0.1) is 12.2 Å². The number of ether oxygens (including phenoxy) is 1. The Bertz CT molecular complexity index is 451. The predicted molar refractivity (Wildman–Crippen MR) is 79.1 cm³/mol. The Hall–Kier alpha value is -1.71. The molecule has 0 fully saturated rings. The van der Waals surface area contributed by atoms with Crippen LogP contribution in [0.3, 0.4) is 0 Å². The summed E-state index contributed by atoms with van der Waals surface area (Å²) in [7, 11) is 0. The van der Waals surface area contributed by atoms with E-state index in [9.17, 15) is 4.79 Å². The van der Waals surface area contributed by atoms with Crippen molar-refractivity contribution in [3.8, 4) is 0 Å². The highest BCUT2D eigenvalue weighted by atomic mass is 16.5. The van der Waals surface area contributed by atoms with Crippen molar-refractivity contribution in [1.82, 2.24) is 0 Å². The molecule has 0 unspecified atom stereocenters. The molecule has 0 amide bonds. The van der Waals surface area contributed by atoms with Crippen LogP contribution in [0.2, 0.25) is 0 Å². The molecule has 19 heavy (non-hydrogen) atoms. The lowest BCUT2D eigenvalue weighted by atomic mass is 9.84. The van der Waals surface area contributed by atoms with E-state index in [-0.39, 0.29) is 11.4 Å². The number of nitrogen functional groups attached to an aromatic ring is 2. The van der Waals surface area contributed by atoms with Gasteiger partial charge in [0.2, 0.25) is 0 Å². The largest absolute Gasteiger partial charge is 0.462 e. The molecule has 106 valence electrons. The van der Waals surface area contributed by atoms with Gasteiger partial charge in [-0.2, -0.15) is 0 Å². The van der Waals surface area contributed by atoms with Gasteiger partial charge < -0.3 is 16.2 Å². The molecule has 0 aliphatic rings. The van der Waals surface area contributed by atoms with Crippen LogP contribution in [0.15, 0.2) is 12.1 Å². The Labute approximate surface area is 115 Å². The first-order valence-electron chi connectivity index (χ1n) is 6.49. The average molecular weight is 264 g/mol. The Morgan fingerprint density at radius 2 is 1.68 bits per heavy atom. The number of benzene rings is 1. The summed E-state index contributed by atoms with van der Waals surface area (Å²) in [6.45, 7) is 10.5. The molecule has 4 N–H and O–H groups in total. The SMILES string of the molecule is CC(C)COC(=O)c1cc(N)c(C(C)(C)C)c(N)c1. The summed E-state index contributed by atoms with van der Waals surface area (Å²) in [5, 5.41) is 0. The van der Waals surface area contributed by atoms with Crippen molar-refractivity contribution in [1.29, 1.82) is 0 Å². The van der Waals surface area contributed by atoms with Crippen molar-refractivity contribution >= 4 is 17.3 Å². The fraction of sp³-hybridized carbons (Fsp3) is 0.533. The maximum Gasteiger partial charge on any atom is 0.338 e. The molecule has 1 rings (SSSR count). The molecule has 0 aromatic heterocycles. The van der Waals surface area contributed by atoms with Crippen molar-refractivity contribution in [2.75, 3.05) is 18.1 Å². The lowest BCUT2D eigenvalue weighted by molar-refractivity contribution is 0.0459. The van der Waals surface area contributed by atoms with E-state index in [1.807, 2.05) is 34.6 Å². The maximum atomic E-state index is 11.9. The van der Waals surface area contributed by atoms with Crippen LogP contribution in [0.1, 0.15) is 50.5 Å². The van der Waals surface area contributed by atoms with Crippen LogP contribution in [0, 0.1) is 5.92 Å². The molecule has 4 nitrogen and oxygen atoms in total. The van der Waals surface area contributed by atoms with Gasteiger partial charge in [-0.3, -0.25) is 0 Å². The van der Waals surface area contributed by atoms with Crippen LogP contribution in [-0.4, -0.2) is 12.6 Å². The zero-order valence-electron chi connectivity index (χ0n) is 12.4. The lowest BCUT2D eigenvalue weighted by Gasteiger charge is -2.24. The molecule has 0 saturated carbocycles. The van der Waals surface area contributed by atoms with Gasteiger partial charge in [-0.25, -0.2) is 4.79 Å². The number of carbonyl (C=O) groups is 1. The van der Waals surface area contributed by atoms with Crippen molar-refractivity contribution in [2.45, 2.75) is 40.0 Å². The van der Waals surface area contributed by atoms with Crippen LogP contribution in [-0.2, 0) is 10.2 Å². The summed E-state index contributed by atoms with van der Waals surface area (Å²) in [6.07, 6.45) is 0. The molecule has 0 spiro atoms. The number of carbonyl (C=O) groups excluding carboxylic acids is 1. The van der Waals surface area contributed by atoms with Gasteiger partial charge in [0, 0.05) is 16.9 Å². The van der Waals surface area contributed by atoms with Crippen LogP contribution < -0.4 is 11.5 Å². The molecular formula is C15H24N2O2. The minimum absolute atomic E-state index is 0.158. The fourth-order valence-corrected chi connectivity index (χ4v) is 2.00. The molecule has 0 saturated heterocycles. The van der Waals surface area contributed by atoms with Gasteiger partial charge in [0.25, 0.3) is 0 Å². The summed E-state index contributed by atoms with van der Waals surface area (Å²) in [4.78, 5) is 11.9. The highest BCUT2D eigenvalue weighted by molar-refractivity contribution is 5.92. The number of hydrogen-bond acceptors (Lipinski definition) is 4. The summed E-state index contributed by atoms with van der Waals surface area (Å²) in [6, 6.07) is 3.28. The van der Waals surface area contributed by atoms with Crippen LogP contribution in [0.5, 0.6) is 0 Å². The average Bonchev–Trinajstić information content (AvgIpc) is 2.22. The molecular weight excluding hydrogens is 240 g/mol. The van der Waals surface area contributed by atoms with E-state index in [1.54, 1.807) is 12.1 Å². The number of rotatable bonds is 3. The molecule has 0 atom stereocenters. The van der Waals surface area contributed by atoms with Gasteiger partial charge in [0.1, 0.15) is 0 Å². The van der Waals surface area contributed by atoms with E-state index in [0.29, 0.717) is 29.5 Å². The van der Waals surface area contributed by atoms with E-state index in [1.165, 1.54) is 0 Å². The summed E-state index contributed by atoms with van der Waals surface area (Å²) in [5.41, 5.74) is 14.2. The third-order valence-electron chi connectivity index (χ3n) is 2.73. The van der Waals surface area contributed by atoms with Crippen molar-refractivity contribution in [2.24, 2.45) is 5.92 Å². The van der Waals surface area contributed by atoms with Crippen molar-refractivity contribution in [3.63, 3.8) is 0 Å². The fourth-order valence-electron chi connectivity index (χ4n) is 2.00. The molecule has 0 bridgehead atoms. The molecule has 1 aromatic rings. The third kappa shape index (κ3) is 3.88. The second-order valence-corrected chi connectivity index (χ2v) is 6.27. The molecule has 4 heteroatoms. The van der Waals surface area contributed by atoms with Gasteiger partial charge in [-0.1, -0.05) is 34.6 Å². The normalized spacial score (nSPS) is 11.7. The summed E-state index contributed by atoms with van der Waals surface area (Å²) < 4.78 is 5.17. The highest BCUT2D eigenvalue weighted by Crippen LogP contribution is 2.34. The third-order valence-corrected chi connectivity index (χ3v) is 2.73. The first kappa shape index (κ1) is 15.3. The Morgan fingerprint density at radius 1 is 1.21 bits per heavy atom. The van der Waals surface area contributed by atoms with E-state index in [0.717, 1.165) is 5.56 Å². The Balaban J connectivity index is 3.05. The molecule has 1 aromatic carbocycles. The quantitative estimate of drug-likeness (QED) is 0.650. The second-order valence-electron chi connectivity index (χ2n) is 6.27. The number of hydrogen-bond donors (Lipinski definition) is 2. The van der Waals surface area contributed by atoms with Crippen LogP contribution in [0.25, 0.3) is 0 Å². The zero-order chi connectivity index (χ0) is 14.8. The first-order valence-corrected chi connectivity index (χ1v) is 6.49. The van der Waals surface area contributed by atoms with Crippen molar-refractivity contribution < 1.29 is 9.53 Å². The molecule has 0 aliphatic heterocycles. The highest BCUT2D eigenvalue weighted by Gasteiger charge is 2.22. The molecule has 0 aliphatic carbocycles. The predicted octanol–water partition coefficient (Wildman–Crippen LogP) is 2.96. The zero-order valence-corrected chi connectivity index (χ0v) is 12.4. The van der Waals surface area contributed by atoms with E-state index in [2.05, 4.69) is 0 Å². The monoisotopic (exact) mass is 264 g/mol. The second kappa shape index (κ2) is 5.51. The maximum absolute atomic E-state index is 11.9. The van der Waals surface area contributed by atoms with Crippen LogP contribution in [0.4, 0.5) is 11.4 Å². The van der Waals surface area contributed by atoms with Gasteiger partial charge in [-0.05, 0) is 23.5 Å². The number of nitrogens with two attached hydrogens (primary N) is 2. The summed E-state index contributed by atoms with van der Waals surface area (Å²) >= 11 is 0. The smallest absolute Gasteiger partial charge is 0.338 e. The first-order chi connectivity index (χ1) is 8.62. The summed E-state index contributed by atoms with van der Waals surface area (Å²) in [5.74, 6) is -0.0833. The van der Waals surface area contributed by atoms with Gasteiger partial charge in [0.15, 0.2) is 0 Å². The van der Waals surface area contributed by atoms with Gasteiger partial charge in [-0.15, -0.1) is 0 Å². The lowest BCUT2D eigenvalue weighted by Crippen LogP contribution is -2.18. The Morgan fingerprint density at radius 3 is 2.05 bits per heavy atom. The standard InChI is InChI=1S/C15H24N2O2/c1-9(2)8-19-14(18)10-6-11(16)13(12(17)7-10)15(3,4)5/h6-7,9H,8,16-17H2,1-5H3. The topological polar surface area (TPSA) is 78.3 Å². The minimum atomic E-state index is -0.382. The van der Waals surface area contributed by atoms with Crippen LogP contribution >= 0.6 is 0 Å². The number of esters is 1. The van der Waals surface area contributed by atoms with Crippen molar-refractivity contribution in [3.05, 3.63) is 23.3 Å². The van der Waals surface area contributed by atoms with E-state index >= 15 is 0 Å². The molecule has 0 heterocycles. The van der Waals surface area contributed by atoms with E-state index < -0.39 is 0 Å². The minimum Gasteiger partial charge on any atom is -0.462 e. The number of anilines is 2. The molecule has 0 radical (unpaired) electrons. The Kier molecular flexibility index (Phi) is 4.45.